The minimum Gasteiger partial charge on any atom is -0.297 e. The van der Waals surface area contributed by atoms with Crippen LogP contribution in [0.25, 0.3) is 0 Å². The largest absolute Gasteiger partial charge is 0.297 e. The van der Waals surface area contributed by atoms with Gasteiger partial charge in [-0.1, -0.05) is 6.42 Å². The van der Waals surface area contributed by atoms with Gasteiger partial charge in [0.15, 0.2) is 0 Å². The lowest BCUT2D eigenvalue weighted by Crippen LogP contribution is -2.47. The third kappa shape index (κ3) is 3.28. The molecule has 3 unspecified atom stereocenters. The first kappa shape index (κ1) is 12.1. The van der Waals surface area contributed by atoms with Crippen molar-refractivity contribution in [3.05, 3.63) is 0 Å². The van der Waals surface area contributed by atoms with Crippen LogP contribution in [-0.4, -0.2) is 40.4 Å². The lowest BCUT2D eigenvalue weighted by atomic mass is 9.96. The maximum atomic E-state index is 6.15. The van der Waals surface area contributed by atoms with Gasteiger partial charge in [0.25, 0.3) is 0 Å². The van der Waals surface area contributed by atoms with Gasteiger partial charge in [0.1, 0.15) is 0 Å². The van der Waals surface area contributed by atoms with E-state index in [1.165, 1.54) is 50.2 Å². The Morgan fingerprint density at radius 3 is 2.93 bits per heavy atom. The molecule has 2 aliphatic rings. The zero-order valence-electron chi connectivity index (χ0n) is 9.62. The van der Waals surface area contributed by atoms with E-state index in [1.54, 1.807) is 0 Å². The van der Waals surface area contributed by atoms with E-state index in [0.29, 0.717) is 5.38 Å². The van der Waals surface area contributed by atoms with Crippen LogP contribution in [0.3, 0.4) is 0 Å². The summed E-state index contributed by atoms with van der Waals surface area (Å²) in [5, 5.41) is 0.338. The Balaban J connectivity index is 1.92. The van der Waals surface area contributed by atoms with Gasteiger partial charge < -0.3 is 0 Å². The number of likely N-dealkylation sites (tertiary alicyclic amines) is 1. The highest BCUT2D eigenvalue weighted by Gasteiger charge is 2.31. The summed E-state index contributed by atoms with van der Waals surface area (Å²) in [5.41, 5.74) is 0. The van der Waals surface area contributed by atoms with E-state index in [-0.39, 0.29) is 0 Å². The van der Waals surface area contributed by atoms with Crippen molar-refractivity contribution in [2.75, 3.05) is 18.1 Å². The molecular weight excluding hydrogens is 226 g/mol. The molecule has 0 bridgehead atoms. The van der Waals surface area contributed by atoms with Gasteiger partial charge in [0.2, 0.25) is 0 Å². The number of halogens is 1. The maximum Gasteiger partial charge on any atom is 0.0322 e. The summed E-state index contributed by atoms with van der Waals surface area (Å²) < 4.78 is 0. The summed E-state index contributed by atoms with van der Waals surface area (Å²) in [7, 11) is 0. The number of rotatable bonds is 3. The lowest BCUT2D eigenvalue weighted by Gasteiger charge is -2.40. The van der Waals surface area contributed by atoms with Crippen molar-refractivity contribution in [3.8, 4) is 0 Å². The molecule has 0 amide bonds. The number of thioether (sulfide) groups is 1. The molecule has 0 aromatic heterocycles. The fourth-order valence-electron chi connectivity index (χ4n) is 2.92. The van der Waals surface area contributed by atoms with Crippen molar-refractivity contribution < 1.29 is 0 Å². The minimum absolute atomic E-state index is 0.338. The number of hydrogen-bond donors (Lipinski definition) is 0. The molecule has 3 heteroatoms. The van der Waals surface area contributed by atoms with E-state index in [0.717, 1.165) is 12.1 Å². The summed E-state index contributed by atoms with van der Waals surface area (Å²) >= 11 is 8.27. The van der Waals surface area contributed by atoms with E-state index in [4.69, 9.17) is 11.6 Å². The zero-order chi connectivity index (χ0) is 10.7. The van der Waals surface area contributed by atoms with Crippen molar-refractivity contribution in [2.24, 2.45) is 0 Å². The van der Waals surface area contributed by atoms with Gasteiger partial charge in [-0.2, -0.15) is 11.8 Å². The molecule has 0 radical (unpaired) electrons. The van der Waals surface area contributed by atoms with Crippen molar-refractivity contribution in [1.82, 2.24) is 4.90 Å². The highest BCUT2D eigenvalue weighted by Crippen LogP contribution is 2.30. The van der Waals surface area contributed by atoms with Gasteiger partial charge in [-0.15, -0.1) is 11.6 Å². The average molecular weight is 248 g/mol. The normalized spacial score (nSPS) is 35.6. The third-order valence-electron chi connectivity index (χ3n) is 3.64. The molecule has 2 fully saturated rings. The lowest BCUT2D eigenvalue weighted by molar-refractivity contribution is 0.100. The van der Waals surface area contributed by atoms with E-state index in [1.807, 2.05) is 0 Å². The Kier molecular flexibility index (Phi) is 4.66. The molecule has 3 atom stereocenters. The zero-order valence-corrected chi connectivity index (χ0v) is 11.2. The van der Waals surface area contributed by atoms with Crippen LogP contribution in [0.5, 0.6) is 0 Å². The van der Waals surface area contributed by atoms with E-state index in [2.05, 4.69) is 23.6 Å². The van der Waals surface area contributed by atoms with Crippen LogP contribution in [0.2, 0.25) is 0 Å². The molecule has 2 saturated heterocycles. The predicted octanol–water partition coefficient (Wildman–Crippen LogP) is 3.36. The van der Waals surface area contributed by atoms with Crippen molar-refractivity contribution >= 4 is 23.4 Å². The quantitative estimate of drug-likeness (QED) is 0.704. The predicted molar refractivity (Wildman–Crippen MR) is 70.0 cm³/mol. The molecule has 2 heterocycles. The van der Waals surface area contributed by atoms with Crippen molar-refractivity contribution in [1.29, 1.82) is 0 Å². The molecule has 0 aromatic carbocycles. The number of piperidine rings is 1. The van der Waals surface area contributed by atoms with Crippen LogP contribution < -0.4 is 0 Å². The van der Waals surface area contributed by atoms with Gasteiger partial charge in [0, 0.05) is 23.2 Å². The van der Waals surface area contributed by atoms with Gasteiger partial charge in [-0.05, 0) is 44.9 Å². The molecule has 0 aliphatic carbocycles. The van der Waals surface area contributed by atoms with Gasteiger partial charge in [0.05, 0.1) is 0 Å². The van der Waals surface area contributed by atoms with Crippen LogP contribution in [0.1, 0.15) is 39.0 Å². The summed E-state index contributed by atoms with van der Waals surface area (Å²) in [6.45, 7) is 3.46. The van der Waals surface area contributed by atoms with E-state index >= 15 is 0 Å². The molecule has 1 nitrogen and oxygen atoms in total. The second-order valence-corrected chi connectivity index (χ2v) is 6.82. The van der Waals surface area contributed by atoms with Crippen LogP contribution in [0.15, 0.2) is 0 Å². The summed E-state index contributed by atoms with van der Waals surface area (Å²) in [6, 6.07) is 1.63. The summed E-state index contributed by atoms with van der Waals surface area (Å²) in [5.74, 6) is 2.72. The smallest absolute Gasteiger partial charge is 0.0322 e. The van der Waals surface area contributed by atoms with Gasteiger partial charge in [-0.3, -0.25) is 4.90 Å². The SMILES string of the molecule is CC(Cl)CC1CCCCN1C1CCSC1. The van der Waals surface area contributed by atoms with Crippen molar-refractivity contribution in [3.63, 3.8) is 0 Å². The highest BCUT2D eigenvalue weighted by atomic mass is 35.5. The first-order valence-corrected chi connectivity index (χ1v) is 7.84. The molecule has 88 valence electrons. The number of nitrogens with zero attached hydrogens (tertiary/aromatic N) is 1. The third-order valence-corrected chi connectivity index (χ3v) is 4.97. The molecule has 2 rings (SSSR count). The van der Waals surface area contributed by atoms with E-state index < -0.39 is 0 Å². The molecule has 0 N–H and O–H groups in total. The standard InChI is InChI=1S/C12H22ClNS/c1-10(13)8-11-4-2-3-6-14(11)12-5-7-15-9-12/h10-12H,2-9H2,1H3. The number of alkyl halides is 1. The second kappa shape index (κ2) is 5.79. The molecule has 15 heavy (non-hydrogen) atoms. The first-order chi connectivity index (χ1) is 7.27. The molecular formula is C12H22ClNS. The second-order valence-electron chi connectivity index (χ2n) is 4.92. The Morgan fingerprint density at radius 2 is 2.27 bits per heavy atom. The molecule has 0 aromatic rings. The summed E-state index contributed by atoms with van der Waals surface area (Å²) in [4.78, 5) is 2.77. The number of hydrogen-bond acceptors (Lipinski definition) is 2. The Hall–Kier alpha value is 0.600. The maximum absolute atomic E-state index is 6.15. The highest BCUT2D eigenvalue weighted by molar-refractivity contribution is 7.99. The van der Waals surface area contributed by atoms with Crippen LogP contribution in [-0.2, 0) is 0 Å². The fraction of sp³-hybridized carbons (Fsp3) is 1.00. The van der Waals surface area contributed by atoms with Gasteiger partial charge >= 0.3 is 0 Å². The Morgan fingerprint density at radius 1 is 1.40 bits per heavy atom. The van der Waals surface area contributed by atoms with E-state index in [9.17, 15) is 0 Å². The molecule has 2 aliphatic heterocycles. The average Bonchev–Trinajstić information content (AvgIpc) is 2.70. The fourth-order valence-corrected chi connectivity index (χ4v) is 4.36. The summed E-state index contributed by atoms with van der Waals surface area (Å²) in [6.07, 6.45) is 6.76. The monoisotopic (exact) mass is 247 g/mol. The van der Waals surface area contributed by atoms with Crippen molar-refractivity contribution in [2.45, 2.75) is 56.5 Å². The Labute approximate surface area is 103 Å². The first-order valence-electron chi connectivity index (χ1n) is 6.25. The molecule has 0 saturated carbocycles. The Bertz CT molecular complexity index is 192. The topological polar surface area (TPSA) is 3.24 Å². The van der Waals surface area contributed by atoms with Crippen LogP contribution in [0.4, 0.5) is 0 Å². The van der Waals surface area contributed by atoms with Crippen LogP contribution >= 0.6 is 23.4 Å². The van der Waals surface area contributed by atoms with Crippen LogP contribution in [0, 0.1) is 0 Å². The minimum atomic E-state index is 0.338. The van der Waals surface area contributed by atoms with Gasteiger partial charge in [-0.25, -0.2) is 0 Å². The molecule has 0 spiro atoms.